The first kappa shape index (κ1) is 16.8. The summed E-state index contributed by atoms with van der Waals surface area (Å²) in [4.78, 5) is 26.6. The zero-order valence-corrected chi connectivity index (χ0v) is 14.3. The molecule has 2 aromatic carbocycles. The topological polar surface area (TPSA) is 49.4 Å². The molecule has 1 aliphatic heterocycles. The van der Waals surface area contributed by atoms with Crippen LogP contribution in [0.15, 0.2) is 48.5 Å². The van der Waals surface area contributed by atoms with Gasteiger partial charge in [-0.1, -0.05) is 53.5 Å². The van der Waals surface area contributed by atoms with E-state index in [1.807, 2.05) is 30.3 Å². The molecule has 1 aliphatic rings. The maximum Gasteiger partial charge on any atom is 0.253 e. The van der Waals surface area contributed by atoms with Gasteiger partial charge in [0.25, 0.3) is 5.91 Å². The highest BCUT2D eigenvalue weighted by Crippen LogP contribution is 2.22. The van der Waals surface area contributed by atoms with E-state index in [1.54, 1.807) is 17.0 Å². The SMILES string of the molecule is O=C(NC1CCN(Cc2ccccc2)C1=O)c1cc(Cl)ccc1Cl. The van der Waals surface area contributed by atoms with Crippen LogP contribution in [0.5, 0.6) is 0 Å². The average molecular weight is 363 g/mol. The summed E-state index contributed by atoms with van der Waals surface area (Å²) in [6, 6.07) is 13.9. The van der Waals surface area contributed by atoms with Gasteiger partial charge in [0.05, 0.1) is 10.6 Å². The van der Waals surface area contributed by atoms with Gasteiger partial charge in [-0.3, -0.25) is 9.59 Å². The number of likely N-dealkylation sites (tertiary alicyclic amines) is 1. The summed E-state index contributed by atoms with van der Waals surface area (Å²) in [5.41, 5.74) is 1.34. The van der Waals surface area contributed by atoms with Gasteiger partial charge in [0, 0.05) is 18.1 Å². The number of carbonyl (C=O) groups is 2. The molecule has 0 bridgehead atoms. The van der Waals surface area contributed by atoms with E-state index in [2.05, 4.69) is 5.32 Å². The lowest BCUT2D eigenvalue weighted by Crippen LogP contribution is -2.41. The van der Waals surface area contributed by atoms with Gasteiger partial charge in [0.15, 0.2) is 0 Å². The number of nitrogens with one attached hydrogen (secondary N) is 1. The number of benzene rings is 2. The highest BCUT2D eigenvalue weighted by Gasteiger charge is 2.33. The van der Waals surface area contributed by atoms with Crippen molar-refractivity contribution < 1.29 is 9.59 Å². The zero-order valence-electron chi connectivity index (χ0n) is 12.8. The Balaban J connectivity index is 1.65. The molecular formula is C18H16Cl2N2O2. The lowest BCUT2D eigenvalue weighted by molar-refractivity contribution is -0.129. The van der Waals surface area contributed by atoms with Gasteiger partial charge >= 0.3 is 0 Å². The van der Waals surface area contributed by atoms with E-state index in [0.717, 1.165) is 5.56 Å². The standard InChI is InChI=1S/C18H16Cl2N2O2/c19-13-6-7-15(20)14(10-13)17(23)21-16-8-9-22(18(16)24)11-12-4-2-1-3-5-12/h1-7,10,16H,8-9,11H2,(H,21,23). The molecule has 1 saturated heterocycles. The Morgan fingerprint density at radius 2 is 1.92 bits per heavy atom. The van der Waals surface area contributed by atoms with Gasteiger partial charge in [-0.25, -0.2) is 0 Å². The van der Waals surface area contributed by atoms with E-state index in [4.69, 9.17) is 23.2 Å². The van der Waals surface area contributed by atoms with Crippen molar-refractivity contribution in [1.82, 2.24) is 10.2 Å². The lowest BCUT2D eigenvalue weighted by Gasteiger charge is -2.17. The molecule has 1 fully saturated rings. The first-order chi connectivity index (χ1) is 11.5. The molecule has 1 atom stereocenters. The third kappa shape index (κ3) is 3.71. The van der Waals surface area contributed by atoms with Crippen LogP contribution < -0.4 is 5.32 Å². The van der Waals surface area contributed by atoms with Crippen LogP contribution in [0.1, 0.15) is 22.3 Å². The van der Waals surface area contributed by atoms with E-state index < -0.39 is 6.04 Å². The van der Waals surface area contributed by atoms with Crippen molar-refractivity contribution in [2.24, 2.45) is 0 Å². The van der Waals surface area contributed by atoms with Crippen LogP contribution in [0.3, 0.4) is 0 Å². The molecule has 2 aromatic rings. The number of amides is 2. The quantitative estimate of drug-likeness (QED) is 0.904. The molecule has 1 heterocycles. The Bertz CT molecular complexity index is 765. The van der Waals surface area contributed by atoms with Crippen molar-refractivity contribution in [3.8, 4) is 0 Å². The number of halogens is 2. The van der Waals surface area contributed by atoms with E-state index >= 15 is 0 Å². The van der Waals surface area contributed by atoms with Crippen LogP contribution in [0.25, 0.3) is 0 Å². The monoisotopic (exact) mass is 362 g/mol. The minimum absolute atomic E-state index is 0.0784. The minimum atomic E-state index is -0.531. The highest BCUT2D eigenvalue weighted by atomic mass is 35.5. The third-order valence-corrected chi connectivity index (χ3v) is 4.56. The van der Waals surface area contributed by atoms with Crippen molar-refractivity contribution in [3.63, 3.8) is 0 Å². The lowest BCUT2D eigenvalue weighted by atomic mass is 10.2. The molecule has 24 heavy (non-hydrogen) atoms. The summed E-state index contributed by atoms with van der Waals surface area (Å²) in [7, 11) is 0. The molecule has 1 N–H and O–H groups in total. The average Bonchev–Trinajstić information content (AvgIpc) is 2.91. The maximum absolute atomic E-state index is 12.5. The third-order valence-electron chi connectivity index (χ3n) is 3.99. The number of hydrogen-bond acceptors (Lipinski definition) is 2. The largest absolute Gasteiger partial charge is 0.340 e. The van der Waals surface area contributed by atoms with Crippen LogP contribution in [-0.2, 0) is 11.3 Å². The fourth-order valence-electron chi connectivity index (χ4n) is 2.74. The molecule has 1 unspecified atom stereocenters. The number of rotatable bonds is 4. The number of nitrogens with zero attached hydrogens (tertiary/aromatic N) is 1. The minimum Gasteiger partial charge on any atom is -0.340 e. The van der Waals surface area contributed by atoms with Gasteiger partial charge in [-0.2, -0.15) is 0 Å². The Morgan fingerprint density at radius 1 is 1.17 bits per heavy atom. The van der Waals surface area contributed by atoms with Crippen molar-refractivity contribution in [2.75, 3.05) is 6.54 Å². The molecule has 124 valence electrons. The van der Waals surface area contributed by atoms with Gasteiger partial charge in [-0.05, 0) is 30.2 Å². The smallest absolute Gasteiger partial charge is 0.253 e. The number of carbonyl (C=O) groups excluding carboxylic acids is 2. The molecule has 0 spiro atoms. The Labute approximate surface area is 150 Å². The van der Waals surface area contributed by atoms with Crippen LogP contribution in [0.4, 0.5) is 0 Å². The molecular weight excluding hydrogens is 347 g/mol. The summed E-state index contributed by atoms with van der Waals surface area (Å²) in [5, 5.41) is 3.49. The van der Waals surface area contributed by atoms with Gasteiger partial charge in [-0.15, -0.1) is 0 Å². The van der Waals surface area contributed by atoms with Crippen LogP contribution in [0.2, 0.25) is 10.0 Å². The second-order valence-corrected chi connectivity index (χ2v) is 6.53. The molecule has 0 aromatic heterocycles. The second-order valence-electron chi connectivity index (χ2n) is 5.68. The van der Waals surface area contributed by atoms with Crippen molar-refractivity contribution >= 4 is 35.0 Å². The maximum atomic E-state index is 12.5. The Morgan fingerprint density at radius 3 is 2.67 bits per heavy atom. The van der Waals surface area contributed by atoms with Crippen LogP contribution in [-0.4, -0.2) is 29.3 Å². The van der Waals surface area contributed by atoms with Crippen LogP contribution in [0, 0.1) is 0 Å². The molecule has 0 saturated carbocycles. The molecule has 6 heteroatoms. The Hall–Kier alpha value is -2.04. The normalized spacial score (nSPS) is 17.2. The summed E-state index contributed by atoms with van der Waals surface area (Å²) in [5.74, 6) is -0.465. The highest BCUT2D eigenvalue weighted by molar-refractivity contribution is 6.35. The first-order valence-electron chi connectivity index (χ1n) is 7.63. The fourth-order valence-corrected chi connectivity index (χ4v) is 3.12. The predicted molar refractivity (Wildman–Crippen MR) is 94.2 cm³/mol. The van der Waals surface area contributed by atoms with Gasteiger partial charge in [0.2, 0.25) is 5.91 Å². The van der Waals surface area contributed by atoms with E-state index in [0.29, 0.717) is 29.6 Å². The van der Waals surface area contributed by atoms with Crippen molar-refractivity contribution in [2.45, 2.75) is 19.0 Å². The van der Waals surface area contributed by atoms with E-state index in [1.165, 1.54) is 6.07 Å². The fraction of sp³-hybridized carbons (Fsp3) is 0.222. The molecule has 0 radical (unpaired) electrons. The Kier molecular flexibility index (Phi) is 5.07. The van der Waals surface area contributed by atoms with Crippen molar-refractivity contribution in [3.05, 3.63) is 69.7 Å². The zero-order chi connectivity index (χ0) is 17.1. The van der Waals surface area contributed by atoms with Crippen LogP contribution >= 0.6 is 23.2 Å². The summed E-state index contributed by atoms with van der Waals surface area (Å²) in [6.45, 7) is 1.16. The first-order valence-corrected chi connectivity index (χ1v) is 8.39. The molecule has 2 amide bonds. The summed E-state index contributed by atoms with van der Waals surface area (Å²) < 4.78 is 0. The molecule has 4 nitrogen and oxygen atoms in total. The predicted octanol–water partition coefficient (Wildman–Crippen LogP) is 3.52. The second kappa shape index (κ2) is 7.24. The summed E-state index contributed by atoms with van der Waals surface area (Å²) in [6.07, 6.45) is 0.579. The van der Waals surface area contributed by atoms with Crippen molar-refractivity contribution in [1.29, 1.82) is 0 Å². The van der Waals surface area contributed by atoms with Gasteiger partial charge in [0.1, 0.15) is 6.04 Å². The van der Waals surface area contributed by atoms with E-state index in [9.17, 15) is 9.59 Å². The van der Waals surface area contributed by atoms with Gasteiger partial charge < -0.3 is 10.2 Å². The molecule has 0 aliphatic carbocycles. The molecule has 3 rings (SSSR count). The van der Waals surface area contributed by atoms with E-state index in [-0.39, 0.29) is 17.4 Å². The summed E-state index contributed by atoms with van der Waals surface area (Å²) >= 11 is 11.9. The number of hydrogen-bond donors (Lipinski definition) is 1.